The second-order valence-electron chi connectivity index (χ2n) is 8.00. The Bertz CT molecular complexity index is 1500. The maximum Gasteiger partial charge on any atom is 0.338 e. The lowest BCUT2D eigenvalue weighted by Gasteiger charge is -2.24. The number of hydrogen-bond acceptors (Lipinski definition) is 7. The molecule has 182 valence electrons. The normalized spacial score (nSPS) is 15.6. The Morgan fingerprint density at radius 2 is 1.91 bits per heavy atom. The number of hydrogen-bond donors (Lipinski definition) is 1. The number of aromatic hydroxyl groups is 1. The molecule has 0 bridgehead atoms. The standard InChI is InChI=1S/C26H25ClN2O5S/c1-5-33-19-12-16(11-18(27)23(19)30)13-20-24(31)29-22(17-9-7-14(3)8-10-17)21(25(32)34-6-2)15(4)28-26(29)35-20/h7-13,22,30H,5-6H2,1-4H3/b20-13+/t22-/m1/s1. The first-order valence-corrected chi connectivity index (χ1v) is 12.4. The number of allylic oxidation sites excluding steroid dienone is 1. The minimum atomic E-state index is -0.671. The van der Waals surface area contributed by atoms with Gasteiger partial charge in [0.1, 0.15) is 0 Å². The molecule has 1 N–H and O–H groups in total. The van der Waals surface area contributed by atoms with E-state index in [0.29, 0.717) is 32.8 Å². The number of ether oxygens (including phenoxy) is 2. The molecule has 2 aromatic carbocycles. The van der Waals surface area contributed by atoms with E-state index in [9.17, 15) is 14.7 Å². The number of rotatable bonds is 6. The largest absolute Gasteiger partial charge is 0.503 e. The summed E-state index contributed by atoms with van der Waals surface area (Å²) in [6.07, 6.45) is 1.67. The van der Waals surface area contributed by atoms with Gasteiger partial charge in [-0.2, -0.15) is 0 Å². The van der Waals surface area contributed by atoms with Gasteiger partial charge >= 0.3 is 5.97 Å². The van der Waals surface area contributed by atoms with Gasteiger partial charge in [0.25, 0.3) is 5.56 Å². The van der Waals surface area contributed by atoms with Crippen molar-refractivity contribution in [3.8, 4) is 11.5 Å². The molecule has 1 atom stereocenters. The minimum absolute atomic E-state index is 0.118. The first-order chi connectivity index (χ1) is 16.7. The zero-order valence-corrected chi connectivity index (χ0v) is 21.4. The van der Waals surface area contributed by atoms with Crippen molar-refractivity contribution in [1.29, 1.82) is 0 Å². The highest BCUT2D eigenvalue weighted by atomic mass is 35.5. The van der Waals surface area contributed by atoms with Crippen molar-refractivity contribution < 1.29 is 19.4 Å². The van der Waals surface area contributed by atoms with E-state index in [4.69, 9.17) is 21.1 Å². The van der Waals surface area contributed by atoms with Crippen LogP contribution < -0.4 is 19.6 Å². The molecule has 0 aliphatic carbocycles. The molecule has 9 heteroatoms. The van der Waals surface area contributed by atoms with E-state index in [1.807, 2.05) is 31.2 Å². The minimum Gasteiger partial charge on any atom is -0.503 e. The van der Waals surface area contributed by atoms with E-state index in [2.05, 4.69) is 4.99 Å². The molecule has 3 aromatic rings. The van der Waals surface area contributed by atoms with Crippen LogP contribution in [0.2, 0.25) is 5.02 Å². The Hall–Kier alpha value is -3.36. The van der Waals surface area contributed by atoms with Gasteiger partial charge in [-0.1, -0.05) is 52.8 Å². The Morgan fingerprint density at radius 1 is 1.20 bits per heavy atom. The number of carbonyl (C=O) groups excluding carboxylic acids is 1. The highest BCUT2D eigenvalue weighted by molar-refractivity contribution is 7.07. The van der Waals surface area contributed by atoms with E-state index in [0.717, 1.165) is 11.1 Å². The Morgan fingerprint density at radius 3 is 2.57 bits per heavy atom. The third-order valence-corrected chi connectivity index (χ3v) is 6.83. The Labute approximate surface area is 211 Å². The van der Waals surface area contributed by atoms with Crippen LogP contribution >= 0.6 is 22.9 Å². The van der Waals surface area contributed by atoms with Crippen molar-refractivity contribution >= 4 is 35.0 Å². The van der Waals surface area contributed by atoms with Crippen molar-refractivity contribution in [2.75, 3.05) is 13.2 Å². The van der Waals surface area contributed by atoms with Crippen LogP contribution in [0.4, 0.5) is 0 Å². The number of thiazole rings is 1. The highest BCUT2D eigenvalue weighted by Gasteiger charge is 2.33. The number of fused-ring (bicyclic) bond motifs is 1. The van der Waals surface area contributed by atoms with Gasteiger partial charge in [-0.25, -0.2) is 9.79 Å². The monoisotopic (exact) mass is 512 g/mol. The summed E-state index contributed by atoms with van der Waals surface area (Å²) in [4.78, 5) is 31.6. The molecule has 1 aliphatic heterocycles. The summed E-state index contributed by atoms with van der Waals surface area (Å²) in [5, 5.41) is 10.3. The van der Waals surface area contributed by atoms with Gasteiger partial charge in [-0.15, -0.1) is 0 Å². The van der Waals surface area contributed by atoms with Crippen molar-refractivity contribution in [2.24, 2.45) is 4.99 Å². The van der Waals surface area contributed by atoms with Crippen molar-refractivity contribution in [3.63, 3.8) is 0 Å². The summed E-state index contributed by atoms with van der Waals surface area (Å²) in [7, 11) is 0. The summed E-state index contributed by atoms with van der Waals surface area (Å²) in [6.45, 7) is 7.82. The number of phenols is 1. The SMILES string of the molecule is CCOC(=O)C1=C(C)N=c2s/c(=C/c3cc(Cl)c(O)c(OCC)c3)c(=O)n2[C@@H]1c1ccc(C)cc1. The average molecular weight is 513 g/mol. The lowest BCUT2D eigenvalue weighted by atomic mass is 9.95. The van der Waals surface area contributed by atoms with Crippen LogP contribution in [0, 0.1) is 6.92 Å². The summed E-state index contributed by atoms with van der Waals surface area (Å²) < 4.78 is 12.7. The molecular formula is C26H25ClN2O5S. The molecule has 4 rings (SSSR count). The van der Waals surface area contributed by atoms with Gasteiger partial charge in [-0.05, 0) is 57.0 Å². The number of carbonyl (C=O) groups is 1. The van der Waals surface area contributed by atoms with E-state index < -0.39 is 12.0 Å². The summed E-state index contributed by atoms with van der Waals surface area (Å²) in [5.41, 5.74) is 2.99. The molecule has 0 radical (unpaired) electrons. The maximum absolute atomic E-state index is 13.7. The predicted octanol–water partition coefficient (Wildman–Crippen LogP) is 3.86. The van der Waals surface area contributed by atoms with Crippen LogP contribution in [0.15, 0.2) is 57.5 Å². The number of aryl methyl sites for hydroxylation is 1. The molecule has 0 spiro atoms. The van der Waals surface area contributed by atoms with Crippen LogP contribution in [0.25, 0.3) is 6.08 Å². The number of benzene rings is 2. The molecule has 0 saturated carbocycles. The second kappa shape index (κ2) is 10.1. The van der Waals surface area contributed by atoms with Crippen LogP contribution in [0.5, 0.6) is 11.5 Å². The zero-order chi connectivity index (χ0) is 25.3. The average Bonchev–Trinajstić information content (AvgIpc) is 3.11. The zero-order valence-electron chi connectivity index (χ0n) is 19.8. The molecule has 2 heterocycles. The maximum atomic E-state index is 13.7. The first-order valence-electron chi connectivity index (χ1n) is 11.2. The molecule has 35 heavy (non-hydrogen) atoms. The molecule has 0 amide bonds. The van der Waals surface area contributed by atoms with E-state index in [-0.39, 0.29) is 28.7 Å². The molecule has 0 fully saturated rings. The molecule has 7 nitrogen and oxygen atoms in total. The Balaban J connectivity index is 1.93. The number of aromatic nitrogens is 1. The van der Waals surface area contributed by atoms with Crippen LogP contribution in [-0.2, 0) is 9.53 Å². The third kappa shape index (κ3) is 4.76. The lowest BCUT2D eigenvalue weighted by molar-refractivity contribution is -0.139. The number of esters is 1. The Kier molecular flexibility index (Phi) is 7.14. The highest BCUT2D eigenvalue weighted by Crippen LogP contribution is 2.35. The van der Waals surface area contributed by atoms with Crippen LogP contribution in [0.1, 0.15) is 43.5 Å². The predicted molar refractivity (Wildman–Crippen MR) is 136 cm³/mol. The first kappa shape index (κ1) is 24.8. The van der Waals surface area contributed by atoms with Gasteiger partial charge < -0.3 is 14.6 Å². The second-order valence-corrected chi connectivity index (χ2v) is 9.41. The van der Waals surface area contributed by atoms with Gasteiger partial charge in [0.2, 0.25) is 0 Å². The fraction of sp³-hybridized carbons (Fsp3) is 0.269. The number of nitrogens with zero attached hydrogens (tertiary/aromatic N) is 2. The smallest absolute Gasteiger partial charge is 0.338 e. The molecule has 0 unspecified atom stereocenters. The van der Waals surface area contributed by atoms with Crippen LogP contribution in [0.3, 0.4) is 0 Å². The quantitative estimate of drug-likeness (QED) is 0.506. The number of phenolic OH excluding ortho intramolecular Hbond substituents is 1. The van der Waals surface area contributed by atoms with Gasteiger partial charge in [0.05, 0.1) is 40.1 Å². The topological polar surface area (TPSA) is 90.1 Å². The molecular weight excluding hydrogens is 488 g/mol. The summed E-state index contributed by atoms with van der Waals surface area (Å²) >= 11 is 7.39. The summed E-state index contributed by atoms with van der Waals surface area (Å²) in [6, 6.07) is 10.2. The number of halogens is 1. The fourth-order valence-electron chi connectivity index (χ4n) is 3.95. The summed E-state index contributed by atoms with van der Waals surface area (Å²) in [5.74, 6) is -0.418. The van der Waals surface area contributed by atoms with Gasteiger partial charge in [-0.3, -0.25) is 9.36 Å². The van der Waals surface area contributed by atoms with Crippen LogP contribution in [-0.4, -0.2) is 28.9 Å². The fourth-order valence-corrected chi connectivity index (χ4v) is 5.22. The van der Waals surface area contributed by atoms with Crippen molar-refractivity contribution in [1.82, 2.24) is 4.57 Å². The van der Waals surface area contributed by atoms with Crippen molar-refractivity contribution in [3.05, 3.63) is 89.1 Å². The lowest BCUT2D eigenvalue weighted by Crippen LogP contribution is -2.39. The van der Waals surface area contributed by atoms with E-state index in [1.54, 1.807) is 39.0 Å². The van der Waals surface area contributed by atoms with Gasteiger partial charge in [0.15, 0.2) is 16.3 Å². The van der Waals surface area contributed by atoms with Gasteiger partial charge in [0, 0.05) is 0 Å². The third-order valence-electron chi connectivity index (χ3n) is 5.56. The van der Waals surface area contributed by atoms with E-state index >= 15 is 0 Å². The molecule has 0 saturated heterocycles. The molecule has 1 aromatic heterocycles. The van der Waals surface area contributed by atoms with Crippen molar-refractivity contribution in [2.45, 2.75) is 33.7 Å². The molecule has 1 aliphatic rings. The van der Waals surface area contributed by atoms with E-state index in [1.165, 1.54) is 15.9 Å².